The minimum Gasteiger partial charge on any atom is -0.481 e. The van der Waals surface area contributed by atoms with Gasteiger partial charge in [0.1, 0.15) is 0 Å². The SMILES string of the molecule is CC(C)C(C)(CC(=O)O)NC(=O)CCC1CCCO1. The Morgan fingerprint density at radius 1 is 1.47 bits per heavy atom. The highest BCUT2D eigenvalue weighted by atomic mass is 16.5. The lowest BCUT2D eigenvalue weighted by molar-refractivity contribution is -0.139. The molecule has 1 heterocycles. The maximum absolute atomic E-state index is 11.9. The number of rotatable bonds is 7. The molecule has 5 nitrogen and oxygen atoms in total. The summed E-state index contributed by atoms with van der Waals surface area (Å²) in [5.74, 6) is -0.918. The zero-order chi connectivity index (χ0) is 14.5. The first-order valence-electron chi connectivity index (χ1n) is 6.98. The van der Waals surface area contributed by atoms with Gasteiger partial charge in [-0.25, -0.2) is 0 Å². The van der Waals surface area contributed by atoms with Gasteiger partial charge in [-0.1, -0.05) is 13.8 Å². The van der Waals surface area contributed by atoms with Gasteiger partial charge in [-0.05, 0) is 32.1 Å². The highest BCUT2D eigenvalue weighted by Crippen LogP contribution is 2.22. The van der Waals surface area contributed by atoms with Gasteiger partial charge in [-0.2, -0.15) is 0 Å². The van der Waals surface area contributed by atoms with E-state index in [-0.39, 0.29) is 24.3 Å². The lowest BCUT2D eigenvalue weighted by Gasteiger charge is -2.33. The summed E-state index contributed by atoms with van der Waals surface area (Å²) in [6.45, 7) is 6.41. The number of aliphatic carboxylic acids is 1. The number of carbonyl (C=O) groups is 2. The molecule has 1 fully saturated rings. The summed E-state index contributed by atoms with van der Waals surface area (Å²) in [5.41, 5.74) is -0.695. The van der Waals surface area contributed by atoms with Crippen LogP contribution in [0.4, 0.5) is 0 Å². The molecular weight excluding hydrogens is 246 g/mol. The van der Waals surface area contributed by atoms with Crippen molar-refractivity contribution in [3.63, 3.8) is 0 Å². The first-order chi connectivity index (χ1) is 8.83. The second-order valence-corrected chi connectivity index (χ2v) is 5.86. The zero-order valence-corrected chi connectivity index (χ0v) is 12.1. The van der Waals surface area contributed by atoms with Crippen LogP contribution in [0.2, 0.25) is 0 Å². The monoisotopic (exact) mass is 271 g/mol. The first-order valence-corrected chi connectivity index (χ1v) is 6.98. The Kier molecular flexibility index (Phi) is 5.79. The Morgan fingerprint density at radius 3 is 2.63 bits per heavy atom. The van der Waals surface area contributed by atoms with Gasteiger partial charge in [-0.15, -0.1) is 0 Å². The van der Waals surface area contributed by atoms with E-state index in [9.17, 15) is 9.59 Å². The lowest BCUT2D eigenvalue weighted by atomic mass is 9.85. The average Bonchev–Trinajstić information content (AvgIpc) is 2.77. The fourth-order valence-corrected chi connectivity index (χ4v) is 2.25. The van der Waals surface area contributed by atoms with Crippen molar-refractivity contribution < 1.29 is 19.4 Å². The van der Waals surface area contributed by atoms with Crippen LogP contribution in [0.5, 0.6) is 0 Å². The van der Waals surface area contributed by atoms with Crippen molar-refractivity contribution in [3.05, 3.63) is 0 Å². The number of hydrogen-bond acceptors (Lipinski definition) is 3. The topological polar surface area (TPSA) is 75.6 Å². The molecule has 1 aliphatic heterocycles. The van der Waals surface area contributed by atoms with Gasteiger partial charge in [0.05, 0.1) is 12.5 Å². The Morgan fingerprint density at radius 2 is 2.16 bits per heavy atom. The molecule has 1 aliphatic rings. The molecule has 0 aliphatic carbocycles. The van der Waals surface area contributed by atoms with E-state index in [0.29, 0.717) is 12.8 Å². The average molecular weight is 271 g/mol. The molecule has 2 N–H and O–H groups in total. The summed E-state index contributed by atoms with van der Waals surface area (Å²) in [5, 5.41) is 11.8. The van der Waals surface area contributed by atoms with Crippen LogP contribution < -0.4 is 5.32 Å². The summed E-state index contributed by atoms with van der Waals surface area (Å²) in [4.78, 5) is 22.8. The van der Waals surface area contributed by atoms with Crippen molar-refractivity contribution in [2.24, 2.45) is 5.92 Å². The maximum atomic E-state index is 11.9. The van der Waals surface area contributed by atoms with Crippen LogP contribution in [0.3, 0.4) is 0 Å². The quantitative estimate of drug-likeness (QED) is 0.742. The van der Waals surface area contributed by atoms with E-state index in [4.69, 9.17) is 9.84 Å². The third-order valence-corrected chi connectivity index (χ3v) is 3.94. The Hall–Kier alpha value is -1.10. The number of carboxylic acids is 1. The Labute approximate surface area is 114 Å². The minimum absolute atomic E-state index is 0.0592. The van der Waals surface area contributed by atoms with Gasteiger partial charge in [0.25, 0.3) is 0 Å². The number of carbonyl (C=O) groups excluding carboxylic acids is 1. The molecule has 5 heteroatoms. The summed E-state index contributed by atoms with van der Waals surface area (Å²) >= 11 is 0. The smallest absolute Gasteiger partial charge is 0.305 e. The van der Waals surface area contributed by atoms with Gasteiger partial charge >= 0.3 is 5.97 Å². The largest absolute Gasteiger partial charge is 0.481 e. The van der Waals surface area contributed by atoms with Crippen molar-refractivity contribution >= 4 is 11.9 Å². The van der Waals surface area contributed by atoms with Crippen molar-refractivity contribution in [3.8, 4) is 0 Å². The van der Waals surface area contributed by atoms with E-state index in [0.717, 1.165) is 19.4 Å². The van der Waals surface area contributed by atoms with Crippen LogP contribution in [0.25, 0.3) is 0 Å². The molecule has 0 aromatic heterocycles. The molecule has 0 spiro atoms. The van der Waals surface area contributed by atoms with Gasteiger partial charge in [0.15, 0.2) is 0 Å². The maximum Gasteiger partial charge on any atom is 0.305 e. The number of nitrogens with one attached hydrogen (secondary N) is 1. The van der Waals surface area contributed by atoms with Crippen molar-refractivity contribution in [2.75, 3.05) is 6.61 Å². The minimum atomic E-state index is -0.893. The first kappa shape index (κ1) is 16.0. The van der Waals surface area contributed by atoms with Crippen LogP contribution in [0.1, 0.15) is 52.9 Å². The highest BCUT2D eigenvalue weighted by molar-refractivity contribution is 5.78. The van der Waals surface area contributed by atoms with E-state index >= 15 is 0 Å². The summed E-state index contributed by atoms with van der Waals surface area (Å²) < 4.78 is 5.47. The fraction of sp³-hybridized carbons (Fsp3) is 0.857. The van der Waals surface area contributed by atoms with E-state index in [1.54, 1.807) is 6.92 Å². The Bertz CT molecular complexity index is 323. The second kappa shape index (κ2) is 6.89. The van der Waals surface area contributed by atoms with E-state index in [2.05, 4.69) is 5.32 Å². The second-order valence-electron chi connectivity index (χ2n) is 5.86. The van der Waals surface area contributed by atoms with Gasteiger partial charge in [0.2, 0.25) is 5.91 Å². The fourth-order valence-electron chi connectivity index (χ4n) is 2.25. The predicted molar refractivity (Wildman–Crippen MR) is 71.8 cm³/mol. The third-order valence-electron chi connectivity index (χ3n) is 3.94. The zero-order valence-electron chi connectivity index (χ0n) is 12.1. The Balaban J connectivity index is 2.44. The molecule has 1 saturated heterocycles. The molecule has 1 rings (SSSR count). The standard InChI is InChI=1S/C14H25NO4/c1-10(2)14(3,9-13(17)18)15-12(16)7-6-11-5-4-8-19-11/h10-11H,4-9H2,1-3H3,(H,15,16)(H,17,18). The lowest BCUT2D eigenvalue weighted by Crippen LogP contribution is -2.51. The summed E-state index contributed by atoms with van der Waals surface area (Å²) in [6.07, 6.45) is 3.32. The van der Waals surface area contributed by atoms with Crippen molar-refractivity contribution in [2.45, 2.75) is 64.5 Å². The molecule has 0 aromatic rings. The molecule has 1 amide bonds. The van der Waals surface area contributed by atoms with Crippen molar-refractivity contribution in [1.82, 2.24) is 5.32 Å². The molecule has 0 saturated carbocycles. The number of amides is 1. The normalized spacial score (nSPS) is 22.2. The van der Waals surface area contributed by atoms with Gasteiger partial charge < -0.3 is 15.2 Å². The van der Waals surface area contributed by atoms with Crippen molar-refractivity contribution in [1.29, 1.82) is 0 Å². The summed E-state index contributed by atoms with van der Waals surface area (Å²) in [6, 6.07) is 0. The van der Waals surface area contributed by atoms with E-state index < -0.39 is 11.5 Å². The third kappa shape index (κ3) is 5.19. The molecule has 110 valence electrons. The molecule has 0 aromatic carbocycles. The number of ether oxygens (including phenoxy) is 1. The molecule has 0 bridgehead atoms. The molecule has 0 radical (unpaired) electrons. The van der Waals surface area contributed by atoms with Gasteiger partial charge in [0, 0.05) is 18.6 Å². The number of hydrogen-bond donors (Lipinski definition) is 2. The molecule has 19 heavy (non-hydrogen) atoms. The van der Waals surface area contributed by atoms with Gasteiger partial charge in [-0.3, -0.25) is 9.59 Å². The molecule has 2 unspecified atom stereocenters. The summed E-state index contributed by atoms with van der Waals surface area (Å²) in [7, 11) is 0. The van der Waals surface area contributed by atoms with Crippen LogP contribution in [-0.4, -0.2) is 35.2 Å². The number of carboxylic acid groups (broad SMARTS) is 1. The highest BCUT2D eigenvalue weighted by Gasteiger charge is 2.32. The van der Waals surface area contributed by atoms with Crippen LogP contribution in [0, 0.1) is 5.92 Å². The van der Waals surface area contributed by atoms with Crippen LogP contribution >= 0.6 is 0 Å². The van der Waals surface area contributed by atoms with E-state index in [1.165, 1.54) is 0 Å². The van der Waals surface area contributed by atoms with Crippen LogP contribution in [-0.2, 0) is 14.3 Å². The molecule has 2 atom stereocenters. The van der Waals surface area contributed by atoms with E-state index in [1.807, 2.05) is 13.8 Å². The predicted octanol–water partition coefficient (Wildman–Crippen LogP) is 1.95. The van der Waals surface area contributed by atoms with Crippen LogP contribution in [0.15, 0.2) is 0 Å². The molecular formula is C14H25NO4.